The summed E-state index contributed by atoms with van der Waals surface area (Å²) in [5, 5.41) is 14.0. The molecule has 0 saturated carbocycles. The Balaban J connectivity index is 2.29. The van der Waals surface area contributed by atoms with Gasteiger partial charge in [-0.25, -0.2) is 0 Å². The molecule has 0 radical (unpaired) electrons. The van der Waals surface area contributed by atoms with Gasteiger partial charge in [-0.2, -0.15) is 9.61 Å². The maximum atomic E-state index is 5.75. The first kappa shape index (κ1) is 12.4. The van der Waals surface area contributed by atoms with Gasteiger partial charge in [0.15, 0.2) is 5.82 Å². The van der Waals surface area contributed by atoms with Crippen LogP contribution in [0, 0.1) is 0 Å². The fourth-order valence-corrected chi connectivity index (χ4v) is 2.42. The van der Waals surface area contributed by atoms with E-state index in [2.05, 4.69) is 36.1 Å². The average Bonchev–Trinajstić information content (AvgIpc) is 2.70. The zero-order chi connectivity index (χ0) is 12.6. The molecule has 2 rings (SSSR count). The van der Waals surface area contributed by atoms with Crippen LogP contribution in [-0.4, -0.2) is 25.9 Å². The second-order valence-corrected chi connectivity index (χ2v) is 6.52. The minimum absolute atomic E-state index is 0.0358. The molecule has 0 fully saturated rings. The van der Waals surface area contributed by atoms with Crippen molar-refractivity contribution in [2.24, 2.45) is 5.73 Å². The van der Waals surface area contributed by atoms with Crippen LogP contribution >= 0.6 is 11.3 Å². The molecule has 1 unspecified atom stereocenters. The summed E-state index contributed by atoms with van der Waals surface area (Å²) in [6.07, 6.45) is 1.87. The van der Waals surface area contributed by atoms with Crippen LogP contribution in [0.5, 0.6) is 0 Å². The molecule has 0 aliphatic rings. The standard InChI is InChI=1S/C11H19N5S/c1-7(12)5-6-8-15-16-9(11(2,3)4)13-14-10(16)17-8/h7H,5-6,12H2,1-4H3. The molecular weight excluding hydrogens is 234 g/mol. The Morgan fingerprint density at radius 2 is 2.06 bits per heavy atom. The van der Waals surface area contributed by atoms with Gasteiger partial charge >= 0.3 is 0 Å². The number of nitrogens with zero attached hydrogens (tertiary/aromatic N) is 4. The summed E-state index contributed by atoms with van der Waals surface area (Å²) in [4.78, 5) is 0.870. The van der Waals surface area contributed by atoms with Crippen molar-refractivity contribution in [1.29, 1.82) is 0 Å². The molecule has 2 N–H and O–H groups in total. The van der Waals surface area contributed by atoms with Crippen LogP contribution in [0.4, 0.5) is 0 Å². The van der Waals surface area contributed by atoms with Crippen LogP contribution in [0.3, 0.4) is 0 Å². The molecule has 0 aliphatic heterocycles. The van der Waals surface area contributed by atoms with E-state index in [9.17, 15) is 0 Å². The van der Waals surface area contributed by atoms with Gasteiger partial charge in [-0.1, -0.05) is 32.1 Å². The lowest BCUT2D eigenvalue weighted by Gasteiger charge is -2.13. The molecule has 2 aromatic heterocycles. The van der Waals surface area contributed by atoms with Crippen molar-refractivity contribution in [2.45, 2.75) is 52.0 Å². The number of nitrogens with two attached hydrogens (primary N) is 1. The van der Waals surface area contributed by atoms with E-state index in [0.717, 1.165) is 28.6 Å². The van der Waals surface area contributed by atoms with E-state index in [1.54, 1.807) is 11.3 Å². The summed E-state index contributed by atoms with van der Waals surface area (Å²) >= 11 is 1.60. The number of fused-ring (bicyclic) bond motifs is 1. The van der Waals surface area contributed by atoms with Crippen molar-refractivity contribution in [3.05, 3.63) is 10.8 Å². The molecule has 0 bridgehead atoms. The van der Waals surface area contributed by atoms with Gasteiger partial charge in [-0.05, 0) is 13.3 Å². The van der Waals surface area contributed by atoms with Crippen molar-refractivity contribution in [2.75, 3.05) is 0 Å². The van der Waals surface area contributed by atoms with E-state index < -0.39 is 0 Å². The van der Waals surface area contributed by atoms with E-state index in [-0.39, 0.29) is 11.5 Å². The van der Waals surface area contributed by atoms with Gasteiger partial charge in [0.25, 0.3) is 0 Å². The van der Waals surface area contributed by atoms with Gasteiger partial charge < -0.3 is 5.73 Å². The molecule has 0 saturated heterocycles. The molecule has 0 aromatic carbocycles. The highest BCUT2D eigenvalue weighted by Crippen LogP contribution is 2.23. The highest BCUT2D eigenvalue weighted by molar-refractivity contribution is 7.16. The van der Waals surface area contributed by atoms with Gasteiger partial charge in [0.2, 0.25) is 4.96 Å². The molecule has 17 heavy (non-hydrogen) atoms. The van der Waals surface area contributed by atoms with E-state index >= 15 is 0 Å². The monoisotopic (exact) mass is 253 g/mol. The van der Waals surface area contributed by atoms with Crippen molar-refractivity contribution in [1.82, 2.24) is 19.8 Å². The smallest absolute Gasteiger partial charge is 0.234 e. The second kappa shape index (κ2) is 4.34. The lowest BCUT2D eigenvalue weighted by Crippen LogP contribution is -2.17. The van der Waals surface area contributed by atoms with E-state index in [0.29, 0.717) is 0 Å². The van der Waals surface area contributed by atoms with Gasteiger partial charge in [0.05, 0.1) is 0 Å². The third kappa shape index (κ3) is 2.63. The van der Waals surface area contributed by atoms with Gasteiger partial charge in [-0.3, -0.25) is 0 Å². The van der Waals surface area contributed by atoms with Crippen LogP contribution in [0.2, 0.25) is 0 Å². The predicted molar refractivity (Wildman–Crippen MR) is 69.3 cm³/mol. The summed E-state index contributed by atoms with van der Waals surface area (Å²) in [5.74, 6) is 0.913. The number of hydrogen-bond donors (Lipinski definition) is 1. The normalized spacial score (nSPS) is 14.4. The topological polar surface area (TPSA) is 69.1 Å². The van der Waals surface area contributed by atoms with Crippen LogP contribution in [0.1, 0.15) is 44.9 Å². The summed E-state index contributed by atoms with van der Waals surface area (Å²) < 4.78 is 1.86. The lowest BCUT2D eigenvalue weighted by molar-refractivity contribution is 0.525. The highest BCUT2D eigenvalue weighted by Gasteiger charge is 2.23. The SMILES string of the molecule is CC(N)CCc1nn2c(C(C)(C)C)nnc2s1. The van der Waals surface area contributed by atoms with Gasteiger partial charge in [0, 0.05) is 17.9 Å². The van der Waals surface area contributed by atoms with Crippen molar-refractivity contribution >= 4 is 16.3 Å². The quantitative estimate of drug-likeness (QED) is 0.905. The average molecular weight is 253 g/mol. The first-order chi connectivity index (χ1) is 7.88. The lowest BCUT2D eigenvalue weighted by atomic mass is 9.96. The fraction of sp³-hybridized carbons (Fsp3) is 0.727. The fourth-order valence-electron chi connectivity index (χ4n) is 1.58. The molecule has 0 aliphatic carbocycles. The zero-order valence-electron chi connectivity index (χ0n) is 10.8. The predicted octanol–water partition coefficient (Wildman–Crippen LogP) is 1.76. The van der Waals surface area contributed by atoms with E-state index in [1.165, 1.54) is 0 Å². The third-order valence-electron chi connectivity index (χ3n) is 2.52. The minimum atomic E-state index is -0.0358. The Hall–Kier alpha value is -1.01. The van der Waals surface area contributed by atoms with E-state index in [4.69, 9.17) is 5.73 Å². The van der Waals surface area contributed by atoms with Gasteiger partial charge in [0.1, 0.15) is 5.01 Å². The maximum absolute atomic E-state index is 5.75. The largest absolute Gasteiger partial charge is 0.328 e. The first-order valence-corrected chi connectivity index (χ1v) is 6.67. The zero-order valence-corrected chi connectivity index (χ0v) is 11.6. The molecule has 5 nitrogen and oxygen atoms in total. The third-order valence-corrected chi connectivity index (χ3v) is 3.48. The first-order valence-electron chi connectivity index (χ1n) is 5.85. The molecule has 1 atom stereocenters. The molecule has 94 valence electrons. The summed E-state index contributed by atoms with van der Waals surface area (Å²) in [6.45, 7) is 8.36. The molecule has 2 aromatic rings. The number of aromatic nitrogens is 4. The molecular formula is C11H19N5S. The van der Waals surface area contributed by atoms with Crippen LogP contribution < -0.4 is 5.73 Å². The number of hydrogen-bond acceptors (Lipinski definition) is 5. The summed E-state index contributed by atoms with van der Waals surface area (Å²) in [5.41, 5.74) is 5.72. The Morgan fingerprint density at radius 1 is 1.35 bits per heavy atom. The van der Waals surface area contributed by atoms with Crippen molar-refractivity contribution < 1.29 is 0 Å². The molecule has 2 heterocycles. The second-order valence-electron chi connectivity index (χ2n) is 5.48. The Kier molecular flexibility index (Phi) is 3.18. The van der Waals surface area contributed by atoms with Crippen molar-refractivity contribution in [3.63, 3.8) is 0 Å². The maximum Gasteiger partial charge on any atom is 0.234 e. The Bertz CT molecular complexity index is 505. The minimum Gasteiger partial charge on any atom is -0.328 e. The summed E-state index contributed by atoms with van der Waals surface area (Å²) in [6, 6.07) is 0.214. The number of rotatable bonds is 3. The van der Waals surface area contributed by atoms with E-state index in [1.807, 2.05) is 11.4 Å². The number of aryl methyl sites for hydroxylation is 1. The van der Waals surface area contributed by atoms with Crippen molar-refractivity contribution in [3.8, 4) is 0 Å². The Morgan fingerprint density at radius 3 is 2.65 bits per heavy atom. The molecule has 6 heteroatoms. The van der Waals surface area contributed by atoms with Gasteiger partial charge in [-0.15, -0.1) is 10.2 Å². The summed E-state index contributed by atoms with van der Waals surface area (Å²) in [7, 11) is 0. The van der Waals surface area contributed by atoms with Crippen LogP contribution in [0.15, 0.2) is 0 Å². The Labute approximate surface area is 105 Å². The van der Waals surface area contributed by atoms with Crippen LogP contribution in [0.25, 0.3) is 4.96 Å². The molecule has 0 spiro atoms. The molecule has 0 amide bonds. The highest BCUT2D eigenvalue weighted by atomic mass is 32.1. The van der Waals surface area contributed by atoms with Crippen LogP contribution in [-0.2, 0) is 11.8 Å².